The van der Waals surface area contributed by atoms with Gasteiger partial charge in [-0.3, -0.25) is 0 Å². The van der Waals surface area contributed by atoms with E-state index in [1.807, 2.05) is 12.1 Å². The van der Waals surface area contributed by atoms with E-state index in [0.717, 1.165) is 10.8 Å². The summed E-state index contributed by atoms with van der Waals surface area (Å²) < 4.78 is 23.2. The molecule has 30 heavy (non-hydrogen) atoms. The molecule has 3 N–H and O–H groups in total. The lowest BCUT2D eigenvalue weighted by Crippen LogP contribution is -1.98. The molecule has 4 rings (SSSR count). The summed E-state index contributed by atoms with van der Waals surface area (Å²) >= 11 is 0. The summed E-state index contributed by atoms with van der Waals surface area (Å²) in [5, 5.41) is 4.88. The van der Waals surface area contributed by atoms with Crippen molar-refractivity contribution in [2.24, 2.45) is 0 Å². The molecule has 0 aliphatic heterocycles. The molecular weight excluding hydrogens is 400 g/mol. The normalized spacial score (nSPS) is 11.0. The van der Waals surface area contributed by atoms with Crippen LogP contribution < -0.4 is 11.1 Å². The van der Waals surface area contributed by atoms with Crippen molar-refractivity contribution in [1.82, 2.24) is 19.9 Å². The van der Waals surface area contributed by atoms with Crippen molar-refractivity contribution in [3.05, 3.63) is 72.4 Å². The number of anilines is 3. The summed E-state index contributed by atoms with van der Waals surface area (Å²) in [7, 11) is -3.24. The average molecular weight is 416 g/mol. The van der Waals surface area contributed by atoms with Gasteiger partial charge in [0.05, 0.1) is 10.5 Å². The number of nitrogens with one attached hydrogen (secondary N) is 1. The summed E-state index contributed by atoms with van der Waals surface area (Å²) in [4.78, 5) is 16.9. The number of nitrogens with two attached hydrogens (primary N) is 1. The predicted octanol–water partition coefficient (Wildman–Crippen LogP) is 2.55. The maximum atomic E-state index is 11.6. The number of nitrogen functional groups attached to an aromatic ring is 1. The van der Waals surface area contributed by atoms with E-state index in [0.29, 0.717) is 22.8 Å². The number of hydrogen-bond donors (Lipinski definition) is 2. The van der Waals surface area contributed by atoms with Crippen LogP contribution in [0.15, 0.2) is 66.1 Å². The maximum Gasteiger partial charge on any atom is 0.219 e. The Labute approximate surface area is 173 Å². The number of rotatable bonds is 3. The summed E-state index contributed by atoms with van der Waals surface area (Å²) in [6.07, 6.45) is 7.67. The molecule has 3 aromatic heterocycles. The molecule has 0 atom stereocenters. The molecule has 0 aliphatic carbocycles. The zero-order valence-corrected chi connectivity index (χ0v) is 16.7. The number of sulfone groups is 1. The zero-order chi connectivity index (χ0) is 21.1. The number of benzene rings is 1. The van der Waals surface area contributed by atoms with Gasteiger partial charge in [0.1, 0.15) is 11.5 Å². The first-order valence-electron chi connectivity index (χ1n) is 8.80. The van der Waals surface area contributed by atoms with Gasteiger partial charge in [-0.25, -0.2) is 28.4 Å². The van der Waals surface area contributed by atoms with Crippen molar-refractivity contribution < 1.29 is 8.42 Å². The van der Waals surface area contributed by atoms with Crippen molar-refractivity contribution in [2.75, 3.05) is 17.3 Å². The van der Waals surface area contributed by atoms with Crippen LogP contribution in [0.2, 0.25) is 0 Å². The van der Waals surface area contributed by atoms with Gasteiger partial charge in [-0.05, 0) is 42.3 Å². The molecule has 0 radical (unpaired) electrons. The smallest absolute Gasteiger partial charge is 0.219 e. The molecule has 8 nitrogen and oxygen atoms in total. The van der Waals surface area contributed by atoms with Crippen LogP contribution in [0.1, 0.15) is 11.3 Å². The van der Waals surface area contributed by atoms with Crippen LogP contribution in [0.3, 0.4) is 0 Å². The van der Waals surface area contributed by atoms with Gasteiger partial charge in [-0.1, -0.05) is 5.92 Å². The molecule has 148 valence electrons. The van der Waals surface area contributed by atoms with Gasteiger partial charge in [-0.2, -0.15) is 0 Å². The molecule has 4 aromatic rings. The van der Waals surface area contributed by atoms with Gasteiger partial charge in [0.2, 0.25) is 5.95 Å². The Bertz CT molecular complexity index is 1390. The molecule has 9 heteroatoms. The van der Waals surface area contributed by atoms with Gasteiger partial charge in [0.15, 0.2) is 9.84 Å². The van der Waals surface area contributed by atoms with Crippen molar-refractivity contribution in [3.63, 3.8) is 0 Å². The number of nitrogens with zero attached hydrogens (tertiary/aromatic N) is 4. The molecular formula is C21H16N6O2S. The van der Waals surface area contributed by atoms with Gasteiger partial charge in [0, 0.05) is 47.5 Å². The minimum atomic E-state index is -3.24. The largest absolute Gasteiger partial charge is 0.368 e. The second-order valence-corrected chi connectivity index (χ2v) is 8.47. The minimum Gasteiger partial charge on any atom is -0.368 e. The van der Waals surface area contributed by atoms with E-state index >= 15 is 0 Å². The number of aromatic nitrogens is 4. The van der Waals surface area contributed by atoms with Gasteiger partial charge >= 0.3 is 0 Å². The van der Waals surface area contributed by atoms with Crippen LogP contribution >= 0.6 is 0 Å². The van der Waals surface area contributed by atoms with Crippen LogP contribution in [0.4, 0.5) is 17.5 Å². The van der Waals surface area contributed by atoms with Gasteiger partial charge in [-0.15, -0.1) is 0 Å². The van der Waals surface area contributed by atoms with Crippen LogP contribution in [0, 0.1) is 11.8 Å². The van der Waals surface area contributed by atoms with Gasteiger partial charge in [0.25, 0.3) is 0 Å². The Balaban J connectivity index is 1.65. The zero-order valence-electron chi connectivity index (χ0n) is 15.9. The highest BCUT2D eigenvalue weighted by atomic mass is 32.2. The Morgan fingerprint density at radius 1 is 0.933 bits per heavy atom. The minimum absolute atomic E-state index is 0.190. The molecule has 0 unspecified atom stereocenters. The topological polar surface area (TPSA) is 124 Å². The van der Waals surface area contributed by atoms with Crippen LogP contribution in [0.5, 0.6) is 0 Å². The third-order valence-corrected chi connectivity index (χ3v) is 5.33. The van der Waals surface area contributed by atoms with Crippen molar-refractivity contribution in [2.45, 2.75) is 4.90 Å². The number of fused-ring (bicyclic) bond motifs is 1. The standard InChI is InChI=1S/C21H16N6O2S/c1-30(28,29)17-5-3-16(4-6-17)27-20-10-18-15(13-24-20)8-9-23-19(18)7-2-14-11-25-21(22)26-12-14/h3-6,8-13H,1H3,(H,24,27)(H2,22,25,26). The van der Waals surface area contributed by atoms with Gasteiger partial charge < -0.3 is 11.1 Å². The third-order valence-electron chi connectivity index (χ3n) is 4.20. The summed E-state index contributed by atoms with van der Waals surface area (Å²) in [6, 6.07) is 10.2. The third kappa shape index (κ3) is 4.34. The molecule has 0 amide bonds. The van der Waals surface area contributed by atoms with E-state index in [1.54, 1.807) is 49.1 Å². The van der Waals surface area contributed by atoms with E-state index < -0.39 is 9.84 Å². The Hall–Kier alpha value is -4.03. The molecule has 0 bridgehead atoms. The first-order chi connectivity index (χ1) is 14.4. The van der Waals surface area contributed by atoms with Crippen molar-refractivity contribution in [1.29, 1.82) is 0 Å². The molecule has 3 heterocycles. The molecule has 0 aliphatic rings. The molecule has 0 saturated carbocycles. The highest BCUT2D eigenvalue weighted by Gasteiger charge is 2.07. The average Bonchev–Trinajstić information content (AvgIpc) is 2.73. The second kappa shape index (κ2) is 7.77. The second-order valence-electron chi connectivity index (χ2n) is 6.45. The Kier molecular flexibility index (Phi) is 5.00. The lowest BCUT2D eigenvalue weighted by Gasteiger charge is -2.08. The molecule has 0 fully saturated rings. The monoisotopic (exact) mass is 416 g/mol. The highest BCUT2D eigenvalue weighted by Crippen LogP contribution is 2.22. The Morgan fingerprint density at radius 2 is 1.67 bits per heavy atom. The van der Waals surface area contributed by atoms with Crippen molar-refractivity contribution in [3.8, 4) is 11.8 Å². The lowest BCUT2D eigenvalue weighted by molar-refractivity contribution is 0.602. The molecule has 0 spiro atoms. The molecule has 0 saturated heterocycles. The maximum absolute atomic E-state index is 11.6. The van der Waals surface area contributed by atoms with E-state index in [1.165, 1.54) is 6.26 Å². The Morgan fingerprint density at radius 3 is 2.37 bits per heavy atom. The van der Waals surface area contributed by atoms with E-state index in [2.05, 4.69) is 37.1 Å². The number of hydrogen-bond acceptors (Lipinski definition) is 8. The first-order valence-corrected chi connectivity index (χ1v) is 10.7. The fraction of sp³-hybridized carbons (Fsp3) is 0.0476. The summed E-state index contributed by atoms with van der Waals surface area (Å²) in [5.74, 6) is 6.79. The van der Waals surface area contributed by atoms with E-state index in [-0.39, 0.29) is 10.8 Å². The predicted molar refractivity (Wildman–Crippen MR) is 115 cm³/mol. The van der Waals surface area contributed by atoms with E-state index in [4.69, 9.17) is 5.73 Å². The summed E-state index contributed by atoms with van der Waals surface area (Å²) in [6.45, 7) is 0. The highest BCUT2D eigenvalue weighted by molar-refractivity contribution is 7.90. The van der Waals surface area contributed by atoms with E-state index in [9.17, 15) is 8.42 Å². The first kappa shape index (κ1) is 19.3. The van der Waals surface area contributed by atoms with Crippen LogP contribution in [-0.4, -0.2) is 34.6 Å². The van der Waals surface area contributed by atoms with Crippen LogP contribution in [0.25, 0.3) is 10.8 Å². The molecule has 1 aromatic carbocycles. The SMILES string of the molecule is CS(=O)(=O)c1ccc(Nc2cc3c(C#Cc4cnc(N)nc4)nccc3cn2)cc1. The quantitative estimate of drug-likeness (QED) is 0.488. The number of pyridine rings is 2. The summed E-state index contributed by atoms with van der Waals surface area (Å²) in [5.41, 5.74) is 7.42. The fourth-order valence-electron chi connectivity index (χ4n) is 2.70. The lowest BCUT2D eigenvalue weighted by atomic mass is 10.1. The van der Waals surface area contributed by atoms with Crippen molar-refractivity contribution >= 4 is 38.1 Å². The fourth-order valence-corrected chi connectivity index (χ4v) is 3.33. The van der Waals surface area contributed by atoms with Crippen LogP contribution in [-0.2, 0) is 9.84 Å².